The first-order valence-corrected chi connectivity index (χ1v) is 4.34. The molecule has 1 aromatic rings. The van der Waals surface area contributed by atoms with E-state index in [4.69, 9.17) is 39.6 Å². The standard InChI is InChI=1S/C6H3Cl3.CHClO/c7-4-2-1-3-5(8)6(4)9;2-1-3/h1-3H;1H. The number of hydrogen-bond acceptors (Lipinski definition) is 1. The Morgan fingerprint density at radius 2 is 1.42 bits per heavy atom. The van der Waals surface area contributed by atoms with E-state index in [1.807, 2.05) is 0 Å². The first-order valence-electron chi connectivity index (χ1n) is 2.76. The number of carbonyl (C=O) groups is 1. The van der Waals surface area contributed by atoms with Crippen molar-refractivity contribution in [3.63, 3.8) is 0 Å². The molecule has 1 rings (SSSR count). The molecule has 0 aliphatic rings. The largest absolute Gasteiger partial charge is 0.285 e. The fourth-order valence-corrected chi connectivity index (χ4v) is 1.00. The molecule has 0 aliphatic heterocycles. The third-order valence-electron chi connectivity index (χ3n) is 0.904. The van der Waals surface area contributed by atoms with Gasteiger partial charge in [-0.25, -0.2) is 0 Å². The predicted octanol–water partition coefficient (Wildman–Crippen LogP) is 4.06. The van der Waals surface area contributed by atoms with Gasteiger partial charge in [0.1, 0.15) is 0 Å². The molecule has 0 N–H and O–H groups in total. The van der Waals surface area contributed by atoms with E-state index in [-0.39, 0.29) is 5.75 Å². The fraction of sp³-hybridized carbons (Fsp3) is 0. The number of benzene rings is 1. The zero-order valence-corrected chi connectivity index (χ0v) is 8.75. The zero-order valence-electron chi connectivity index (χ0n) is 5.73. The molecule has 0 saturated carbocycles. The van der Waals surface area contributed by atoms with Crippen molar-refractivity contribution >= 4 is 52.1 Å². The van der Waals surface area contributed by atoms with Crippen LogP contribution in [0.5, 0.6) is 0 Å². The zero-order chi connectivity index (χ0) is 9.56. The van der Waals surface area contributed by atoms with E-state index in [1.165, 1.54) is 0 Å². The van der Waals surface area contributed by atoms with Crippen LogP contribution in [0.25, 0.3) is 0 Å². The summed E-state index contributed by atoms with van der Waals surface area (Å²) in [6, 6.07) is 5.13. The molecule has 66 valence electrons. The normalized spacial score (nSPS) is 8.33. The molecule has 12 heavy (non-hydrogen) atoms. The molecule has 1 nitrogen and oxygen atoms in total. The molecule has 0 bridgehead atoms. The highest BCUT2D eigenvalue weighted by atomic mass is 35.5. The lowest BCUT2D eigenvalue weighted by atomic mass is 10.4. The molecule has 1 aromatic carbocycles. The van der Waals surface area contributed by atoms with E-state index in [0.717, 1.165) is 0 Å². The quantitative estimate of drug-likeness (QED) is 0.383. The van der Waals surface area contributed by atoms with Crippen LogP contribution in [0.4, 0.5) is 0 Å². The van der Waals surface area contributed by atoms with Crippen LogP contribution in [-0.2, 0) is 4.79 Å². The third kappa shape index (κ3) is 4.17. The number of halogens is 4. The van der Waals surface area contributed by atoms with Gasteiger partial charge in [-0.3, -0.25) is 4.79 Å². The second-order valence-corrected chi connectivity index (χ2v) is 3.00. The van der Waals surface area contributed by atoms with Gasteiger partial charge in [-0.05, 0) is 23.7 Å². The summed E-state index contributed by atoms with van der Waals surface area (Å²) in [4.78, 5) is 8.57. The SMILES string of the molecule is Clc1cccc(Cl)c1Cl.O=CCl. The van der Waals surface area contributed by atoms with Crippen LogP contribution < -0.4 is 0 Å². The molecule has 0 fully saturated rings. The van der Waals surface area contributed by atoms with Gasteiger partial charge in [-0.2, -0.15) is 0 Å². The van der Waals surface area contributed by atoms with Crippen molar-refractivity contribution in [2.24, 2.45) is 0 Å². The van der Waals surface area contributed by atoms with Crippen molar-refractivity contribution < 1.29 is 4.79 Å². The highest BCUT2D eigenvalue weighted by molar-refractivity contribution is 6.54. The van der Waals surface area contributed by atoms with Gasteiger partial charge < -0.3 is 0 Å². The summed E-state index contributed by atoms with van der Waals surface area (Å²) in [5.41, 5.74) is 0. The van der Waals surface area contributed by atoms with E-state index < -0.39 is 0 Å². The van der Waals surface area contributed by atoms with Crippen LogP contribution in [0.1, 0.15) is 0 Å². The monoisotopic (exact) mass is 244 g/mol. The molecule has 0 heterocycles. The third-order valence-corrected chi connectivity index (χ3v) is 2.14. The topological polar surface area (TPSA) is 17.1 Å². The minimum atomic E-state index is 0.222. The Balaban J connectivity index is 0.000000354. The Morgan fingerprint density at radius 1 is 1.08 bits per heavy atom. The average Bonchev–Trinajstić information content (AvgIpc) is 2.02. The highest BCUT2D eigenvalue weighted by Gasteiger charge is 1.98. The Labute approximate surface area is 90.2 Å². The van der Waals surface area contributed by atoms with Gasteiger partial charge in [0.05, 0.1) is 15.1 Å². The van der Waals surface area contributed by atoms with Gasteiger partial charge in [0, 0.05) is 0 Å². The van der Waals surface area contributed by atoms with Gasteiger partial charge in [0.2, 0.25) is 5.75 Å². The summed E-state index contributed by atoms with van der Waals surface area (Å²) in [7, 11) is 0. The van der Waals surface area contributed by atoms with Gasteiger partial charge in [0.25, 0.3) is 0 Å². The van der Waals surface area contributed by atoms with Crippen LogP contribution >= 0.6 is 46.4 Å². The van der Waals surface area contributed by atoms with Gasteiger partial charge in [-0.1, -0.05) is 40.9 Å². The summed E-state index contributed by atoms with van der Waals surface area (Å²) in [6.07, 6.45) is 0. The second kappa shape index (κ2) is 6.55. The molecular weight excluding hydrogens is 242 g/mol. The molecule has 0 saturated heterocycles. The fourth-order valence-electron chi connectivity index (χ4n) is 0.477. The summed E-state index contributed by atoms with van der Waals surface area (Å²) in [5, 5.41) is 1.40. The van der Waals surface area contributed by atoms with Crippen molar-refractivity contribution in [1.29, 1.82) is 0 Å². The molecule has 0 aliphatic carbocycles. The van der Waals surface area contributed by atoms with Crippen LogP contribution in [-0.4, -0.2) is 5.75 Å². The molecular formula is C7H4Cl4O. The number of carbonyl (C=O) groups excluding carboxylic acids is 1. The number of hydrogen-bond donors (Lipinski definition) is 0. The Kier molecular flexibility index (Phi) is 6.58. The Morgan fingerprint density at radius 3 is 1.67 bits per heavy atom. The lowest BCUT2D eigenvalue weighted by Gasteiger charge is -1.94. The summed E-state index contributed by atoms with van der Waals surface area (Å²) in [6.45, 7) is 0. The summed E-state index contributed by atoms with van der Waals surface area (Å²) < 4.78 is 0. The van der Waals surface area contributed by atoms with Crippen LogP contribution in [0, 0.1) is 0 Å². The molecule has 0 spiro atoms. The van der Waals surface area contributed by atoms with Crippen molar-refractivity contribution in [2.75, 3.05) is 0 Å². The van der Waals surface area contributed by atoms with Gasteiger partial charge >= 0.3 is 0 Å². The molecule has 0 radical (unpaired) electrons. The Bertz CT molecular complexity index is 241. The van der Waals surface area contributed by atoms with Crippen LogP contribution in [0.2, 0.25) is 15.1 Å². The van der Waals surface area contributed by atoms with Gasteiger partial charge in [-0.15, -0.1) is 0 Å². The van der Waals surface area contributed by atoms with E-state index >= 15 is 0 Å². The van der Waals surface area contributed by atoms with E-state index in [2.05, 4.69) is 11.6 Å². The van der Waals surface area contributed by atoms with Crippen molar-refractivity contribution in [3.05, 3.63) is 33.3 Å². The maximum atomic E-state index is 8.57. The van der Waals surface area contributed by atoms with Crippen LogP contribution in [0.3, 0.4) is 0 Å². The van der Waals surface area contributed by atoms with Crippen molar-refractivity contribution in [2.45, 2.75) is 0 Å². The smallest absolute Gasteiger partial charge is 0.208 e. The first-order chi connectivity index (χ1) is 5.63. The molecule has 0 atom stereocenters. The highest BCUT2D eigenvalue weighted by Crippen LogP contribution is 2.28. The van der Waals surface area contributed by atoms with Gasteiger partial charge in [0.15, 0.2) is 0 Å². The Hall–Kier alpha value is 0.0500. The lowest BCUT2D eigenvalue weighted by molar-refractivity contribution is 0.569. The molecule has 5 heteroatoms. The summed E-state index contributed by atoms with van der Waals surface area (Å²) in [5.74, 6) is 0.222. The molecule has 0 aromatic heterocycles. The van der Waals surface area contributed by atoms with Crippen molar-refractivity contribution in [3.8, 4) is 0 Å². The van der Waals surface area contributed by atoms with Crippen LogP contribution in [0.15, 0.2) is 18.2 Å². The minimum absolute atomic E-state index is 0.222. The maximum Gasteiger partial charge on any atom is 0.208 e. The lowest BCUT2D eigenvalue weighted by Crippen LogP contribution is -1.67. The van der Waals surface area contributed by atoms with E-state index in [0.29, 0.717) is 15.1 Å². The first kappa shape index (κ1) is 12.0. The summed E-state index contributed by atoms with van der Waals surface area (Å²) >= 11 is 21.1. The predicted molar refractivity (Wildman–Crippen MR) is 54.1 cm³/mol. The second-order valence-electron chi connectivity index (χ2n) is 1.62. The minimum Gasteiger partial charge on any atom is -0.285 e. The number of rotatable bonds is 0. The van der Waals surface area contributed by atoms with E-state index in [9.17, 15) is 0 Å². The molecule has 0 unspecified atom stereocenters. The van der Waals surface area contributed by atoms with E-state index in [1.54, 1.807) is 18.2 Å². The molecule has 0 amide bonds. The maximum absolute atomic E-state index is 8.57. The average molecular weight is 246 g/mol. The van der Waals surface area contributed by atoms with Crippen molar-refractivity contribution in [1.82, 2.24) is 0 Å².